The maximum absolute atomic E-state index is 2.45. The van der Waals surface area contributed by atoms with Gasteiger partial charge in [-0.3, -0.25) is 0 Å². The number of benzene rings is 9. The van der Waals surface area contributed by atoms with Crippen LogP contribution in [0.3, 0.4) is 0 Å². The zero-order valence-electron chi connectivity index (χ0n) is 33.3. The predicted octanol–water partition coefficient (Wildman–Crippen LogP) is 15.9. The van der Waals surface area contributed by atoms with E-state index in [1.165, 1.54) is 67.0 Å². The van der Waals surface area contributed by atoms with Gasteiger partial charge in [0.25, 0.3) is 0 Å². The van der Waals surface area contributed by atoms with Gasteiger partial charge >= 0.3 is 0 Å². The summed E-state index contributed by atoms with van der Waals surface area (Å²) in [6.45, 7) is 4.76. The van der Waals surface area contributed by atoms with Gasteiger partial charge in [-0.2, -0.15) is 0 Å². The number of fused-ring (bicyclic) bond motifs is 2. The molecule has 0 radical (unpaired) electrons. The van der Waals surface area contributed by atoms with Gasteiger partial charge in [0.05, 0.1) is 11.4 Å². The maximum atomic E-state index is 2.45. The van der Waals surface area contributed by atoms with Crippen molar-refractivity contribution >= 4 is 34.1 Å². The van der Waals surface area contributed by atoms with Crippen molar-refractivity contribution in [2.24, 2.45) is 0 Å². The molecule has 0 bridgehead atoms. The smallest absolute Gasteiger partial charge is 0.0503 e. The number of anilines is 6. The van der Waals surface area contributed by atoms with Gasteiger partial charge in [-0.25, -0.2) is 0 Å². The van der Waals surface area contributed by atoms with E-state index in [2.05, 4.69) is 254 Å². The second-order valence-corrected chi connectivity index (χ2v) is 15.8. The lowest BCUT2D eigenvalue weighted by atomic mass is 9.72. The van der Waals surface area contributed by atoms with Crippen molar-refractivity contribution in [1.29, 1.82) is 0 Å². The lowest BCUT2D eigenvalue weighted by molar-refractivity contribution is 0.632. The van der Waals surface area contributed by atoms with Gasteiger partial charge in [-0.1, -0.05) is 172 Å². The highest BCUT2D eigenvalue weighted by Gasteiger charge is 2.37. The first-order valence-corrected chi connectivity index (χ1v) is 20.4. The molecule has 2 heteroatoms. The lowest BCUT2D eigenvalue weighted by Gasteiger charge is -2.42. The molecule has 1 heterocycles. The molecular weight excluding hydrogens is 713 g/mol. The summed E-state index contributed by atoms with van der Waals surface area (Å²) in [5.74, 6) is 0. The molecule has 0 saturated heterocycles. The van der Waals surface area contributed by atoms with Crippen LogP contribution in [-0.2, 0) is 5.41 Å². The third-order valence-corrected chi connectivity index (χ3v) is 11.9. The number of hydrogen-bond donors (Lipinski definition) is 0. The molecule has 9 aromatic rings. The summed E-state index contributed by atoms with van der Waals surface area (Å²) in [6, 6.07) is 83.5. The molecule has 0 atom stereocenters. The van der Waals surface area contributed by atoms with Crippen molar-refractivity contribution < 1.29 is 0 Å². The molecule has 9 aromatic carbocycles. The van der Waals surface area contributed by atoms with Crippen molar-refractivity contribution in [1.82, 2.24) is 0 Å². The monoisotopic (exact) mass is 756 g/mol. The Hall–Kier alpha value is -7.42. The van der Waals surface area contributed by atoms with Crippen LogP contribution in [0.2, 0.25) is 0 Å². The van der Waals surface area contributed by atoms with Crippen LogP contribution in [0, 0.1) is 0 Å². The van der Waals surface area contributed by atoms with Gasteiger partial charge in [0.1, 0.15) is 0 Å². The van der Waals surface area contributed by atoms with Gasteiger partial charge in [0.15, 0.2) is 0 Å². The molecule has 0 aromatic heterocycles. The zero-order valence-corrected chi connectivity index (χ0v) is 33.3. The minimum atomic E-state index is -0.262. The van der Waals surface area contributed by atoms with Crippen molar-refractivity contribution in [3.05, 3.63) is 242 Å². The normalized spacial score (nSPS) is 12.7. The first kappa shape index (κ1) is 36.0. The van der Waals surface area contributed by atoms with Gasteiger partial charge in [-0.05, 0) is 128 Å². The summed E-state index contributed by atoms with van der Waals surface area (Å²) in [4.78, 5) is 4.78. The Morgan fingerprint density at radius 3 is 1.03 bits per heavy atom. The van der Waals surface area contributed by atoms with Crippen LogP contribution in [0.1, 0.15) is 25.0 Å². The van der Waals surface area contributed by atoms with E-state index >= 15 is 0 Å². The molecule has 0 unspecified atom stereocenters. The molecule has 0 amide bonds. The SMILES string of the molecule is CC1(C)c2cc(-c3ccccc3)ccc2N(c2ccc(-c3ccccc3)cc2)c2ccc(-c3ccc(N(c4ccccc4)c4ccc(-c5ccccc5)cc4)cc3)cc21. The maximum Gasteiger partial charge on any atom is 0.0503 e. The topological polar surface area (TPSA) is 6.48 Å². The molecule has 0 N–H and O–H groups in total. The molecule has 0 fully saturated rings. The third-order valence-electron chi connectivity index (χ3n) is 11.9. The highest BCUT2D eigenvalue weighted by atomic mass is 15.2. The second-order valence-electron chi connectivity index (χ2n) is 15.8. The van der Waals surface area contributed by atoms with Gasteiger partial charge < -0.3 is 9.80 Å². The van der Waals surface area contributed by atoms with Crippen LogP contribution >= 0.6 is 0 Å². The molecule has 1 aliphatic heterocycles. The molecule has 0 spiro atoms. The van der Waals surface area contributed by atoms with E-state index in [0.717, 1.165) is 22.7 Å². The van der Waals surface area contributed by atoms with Crippen LogP contribution in [0.5, 0.6) is 0 Å². The number of nitrogens with zero attached hydrogens (tertiary/aromatic N) is 2. The standard InChI is InChI=1S/C57H44N2/c1-57(2)53-39-47(43-19-11-5-12-20-43)29-37-55(53)59(52-35-25-45(26-36-52)42-17-9-4-10-18-42)56-38-30-48(40-54(56)57)46-27-33-51(34-28-46)58(49-21-13-6-14-22-49)50-31-23-44(24-32-50)41-15-7-3-8-16-41/h3-40H,1-2H3. The summed E-state index contributed by atoms with van der Waals surface area (Å²) >= 11 is 0. The average molecular weight is 757 g/mol. The van der Waals surface area contributed by atoms with Crippen LogP contribution in [-0.4, -0.2) is 0 Å². The van der Waals surface area contributed by atoms with Gasteiger partial charge in [-0.15, -0.1) is 0 Å². The molecule has 2 nitrogen and oxygen atoms in total. The number of hydrogen-bond acceptors (Lipinski definition) is 2. The second kappa shape index (κ2) is 15.2. The molecule has 0 saturated carbocycles. The highest BCUT2D eigenvalue weighted by Crippen LogP contribution is 2.53. The van der Waals surface area contributed by atoms with E-state index in [1.54, 1.807) is 0 Å². The quantitative estimate of drug-likeness (QED) is 0.152. The highest BCUT2D eigenvalue weighted by molar-refractivity contribution is 5.90. The fourth-order valence-corrected chi connectivity index (χ4v) is 8.70. The van der Waals surface area contributed by atoms with E-state index in [9.17, 15) is 0 Å². The summed E-state index contributed by atoms with van der Waals surface area (Å²) in [5.41, 5.74) is 18.9. The van der Waals surface area contributed by atoms with E-state index in [0.29, 0.717) is 0 Å². The molecule has 1 aliphatic rings. The number of para-hydroxylation sites is 1. The Kier molecular flexibility index (Phi) is 9.24. The van der Waals surface area contributed by atoms with E-state index in [4.69, 9.17) is 0 Å². The molecule has 0 aliphatic carbocycles. The molecule has 282 valence electrons. The van der Waals surface area contributed by atoms with E-state index in [-0.39, 0.29) is 5.41 Å². The van der Waals surface area contributed by atoms with Crippen LogP contribution in [0.25, 0.3) is 44.5 Å². The minimum absolute atomic E-state index is 0.262. The first-order valence-electron chi connectivity index (χ1n) is 20.4. The molecule has 10 rings (SSSR count). The van der Waals surface area contributed by atoms with Crippen molar-refractivity contribution in [2.75, 3.05) is 9.80 Å². The van der Waals surface area contributed by atoms with E-state index in [1.807, 2.05) is 0 Å². The van der Waals surface area contributed by atoms with Gasteiger partial charge in [0.2, 0.25) is 0 Å². The Bertz CT molecular complexity index is 2850. The largest absolute Gasteiger partial charge is 0.311 e. The predicted molar refractivity (Wildman–Crippen MR) is 250 cm³/mol. The van der Waals surface area contributed by atoms with Crippen molar-refractivity contribution in [3.63, 3.8) is 0 Å². The van der Waals surface area contributed by atoms with Crippen molar-refractivity contribution in [3.8, 4) is 44.5 Å². The zero-order chi connectivity index (χ0) is 39.8. The first-order chi connectivity index (χ1) is 29.0. The van der Waals surface area contributed by atoms with Crippen LogP contribution < -0.4 is 9.80 Å². The van der Waals surface area contributed by atoms with Crippen LogP contribution in [0.15, 0.2) is 231 Å². The molecule has 59 heavy (non-hydrogen) atoms. The Morgan fingerprint density at radius 1 is 0.305 bits per heavy atom. The Labute approximate surface area is 347 Å². The van der Waals surface area contributed by atoms with Gasteiger partial charge in [0, 0.05) is 28.2 Å². The third kappa shape index (κ3) is 6.79. The van der Waals surface area contributed by atoms with Crippen LogP contribution in [0.4, 0.5) is 34.1 Å². The Balaban J connectivity index is 1.04. The van der Waals surface area contributed by atoms with E-state index < -0.39 is 0 Å². The number of rotatable bonds is 8. The summed E-state index contributed by atoms with van der Waals surface area (Å²) in [7, 11) is 0. The Morgan fingerprint density at radius 2 is 0.610 bits per heavy atom. The fourth-order valence-electron chi connectivity index (χ4n) is 8.70. The summed E-state index contributed by atoms with van der Waals surface area (Å²) < 4.78 is 0. The summed E-state index contributed by atoms with van der Waals surface area (Å²) in [5, 5.41) is 0. The minimum Gasteiger partial charge on any atom is -0.311 e. The fraction of sp³-hybridized carbons (Fsp3) is 0.0526. The summed E-state index contributed by atoms with van der Waals surface area (Å²) in [6.07, 6.45) is 0. The lowest BCUT2D eigenvalue weighted by Crippen LogP contribution is -2.30. The molecular formula is C57H44N2. The van der Waals surface area contributed by atoms with Crippen molar-refractivity contribution in [2.45, 2.75) is 19.3 Å². The average Bonchev–Trinajstić information content (AvgIpc) is 3.31.